The Balaban J connectivity index is 1.34. The Kier molecular flexibility index (Phi) is 6.38. The number of pyridine rings is 1. The van der Waals surface area contributed by atoms with Gasteiger partial charge in [0, 0.05) is 30.0 Å². The molecule has 7 nitrogen and oxygen atoms in total. The summed E-state index contributed by atoms with van der Waals surface area (Å²) < 4.78 is 6.01. The topological polar surface area (TPSA) is 92.3 Å². The van der Waals surface area contributed by atoms with Crippen LogP contribution in [0.3, 0.4) is 0 Å². The molecule has 1 aromatic carbocycles. The minimum Gasteiger partial charge on any atom is -0.474 e. The van der Waals surface area contributed by atoms with Gasteiger partial charge in [-0.15, -0.1) is 0 Å². The van der Waals surface area contributed by atoms with E-state index in [0.717, 1.165) is 31.2 Å². The number of rotatable bonds is 7. The predicted octanol–water partition coefficient (Wildman–Crippen LogP) is 4.27. The van der Waals surface area contributed by atoms with Crippen molar-refractivity contribution >= 4 is 29.2 Å². The van der Waals surface area contributed by atoms with Crippen molar-refractivity contribution in [1.82, 2.24) is 15.6 Å². The first-order chi connectivity index (χ1) is 14.6. The van der Waals surface area contributed by atoms with Crippen LogP contribution in [0.25, 0.3) is 0 Å². The zero-order valence-electron chi connectivity index (χ0n) is 16.6. The summed E-state index contributed by atoms with van der Waals surface area (Å²) in [5.41, 5.74) is 1.66. The molecular formula is C22H25ClN4O3. The first-order valence-corrected chi connectivity index (χ1v) is 10.7. The molecule has 4 rings (SSSR count). The third-order valence-electron chi connectivity index (χ3n) is 5.25. The van der Waals surface area contributed by atoms with Gasteiger partial charge in [-0.2, -0.15) is 0 Å². The van der Waals surface area contributed by atoms with Crippen LogP contribution in [0.1, 0.15) is 54.4 Å². The smallest absolute Gasteiger partial charge is 0.319 e. The van der Waals surface area contributed by atoms with E-state index in [1.165, 1.54) is 12.8 Å². The largest absolute Gasteiger partial charge is 0.474 e. The molecule has 2 aliphatic carbocycles. The first kappa shape index (κ1) is 20.5. The van der Waals surface area contributed by atoms with E-state index in [2.05, 4.69) is 20.9 Å². The molecule has 30 heavy (non-hydrogen) atoms. The van der Waals surface area contributed by atoms with Gasteiger partial charge in [0.05, 0.1) is 10.6 Å². The average molecular weight is 429 g/mol. The highest BCUT2D eigenvalue weighted by molar-refractivity contribution is 6.34. The fraction of sp³-hybridized carbons (Fsp3) is 0.409. The van der Waals surface area contributed by atoms with Crippen LogP contribution in [-0.2, 0) is 6.54 Å². The minimum absolute atomic E-state index is 0.196. The molecule has 0 unspecified atom stereocenters. The van der Waals surface area contributed by atoms with Gasteiger partial charge < -0.3 is 20.7 Å². The monoisotopic (exact) mass is 428 g/mol. The molecule has 0 aliphatic heterocycles. The van der Waals surface area contributed by atoms with Crippen molar-refractivity contribution in [3.8, 4) is 5.88 Å². The number of aromatic nitrogens is 1. The van der Waals surface area contributed by atoms with Crippen LogP contribution < -0.4 is 20.7 Å². The molecular weight excluding hydrogens is 404 g/mol. The van der Waals surface area contributed by atoms with Crippen LogP contribution >= 0.6 is 11.6 Å². The normalized spacial score (nSPS) is 16.2. The van der Waals surface area contributed by atoms with Crippen molar-refractivity contribution in [2.45, 2.75) is 57.2 Å². The number of hydrogen-bond donors (Lipinski definition) is 3. The Morgan fingerprint density at radius 2 is 1.93 bits per heavy atom. The molecule has 2 fully saturated rings. The van der Waals surface area contributed by atoms with E-state index in [4.69, 9.17) is 16.3 Å². The van der Waals surface area contributed by atoms with Gasteiger partial charge in [-0.3, -0.25) is 4.79 Å². The summed E-state index contributed by atoms with van der Waals surface area (Å²) >= 11 is 6.15. The first-order valence-electron chi connectivity index (χ1n) is 10.3. The van der Waals surface area contributed by atoms with Gasteiger partial charge in [0.2, 0.25) is 5.88 Å². The van der Waals surface area contributed by atoms with Gasteiger partial charge in [-0.1, -0.05) is 17.7 Å². The Labute approximate surface area is 180 Å². The summed E-state index contributed by atoms with van der Waals surface area (Å²) in [4.78, 5) is 29.0. The Hall–Kier alpha value is -2.80. The van der Waals surface area contributed by atoms with E-state index in [-0.39, 0.29) is 30.6 Å². The van der Waals surface area contributed by atoms with Crippen molar-refractivity contribution < 1.29 is 14.3 Å². The molecule has 158 valence electrons. The number of ether oxygens (including phenoxy) is 1. The highest BCUT2D eigenvalue weighted by Gasteiger charge is 2.25. The van der Waals surface area contributed by atoms with E-state index in [1.807, 2.05) is 12.1 Å². The van der Waals surface area contributed by atoms with E-state index in [0.29, 0.717) is 22.2 Å². The molecule has 3 amide bonds. The van der Waals surface area contributed by atoms with Crippen molar-refractivity contribution in [1.29, 1.82) is 0 Å². The summed E-state index contributed by atoms with van der Waals surface area (Å²) in [6.07, 6.45) is 8.30. The van der Waals surface area contributed by atoms with E-state index in [9.17, 15) is 9.59 Å². The van der Waals surface area contributed by atoms with Crippen molar-refractivity contribution in [2.75, 3.05) is 5.32 Å². The summed E-state index contributed by atoms with van der Waals surface area (Å²) in [6, 6.07) is 8.40. The van der Waals surface area contributed by atoms with Crippen molar-refractivity contribution in [3.05, 3.63) is 52.7 Å². The molecule has 2 aromatic rings. The van der Waals surface area contributed by atoms with Crippen LogP contribution in [0.5, 0.6) is 5.88 Å². The molecule has 0 atom stereocenters. The van der Waals surface area contributed by atoms with E-state index < -0.39 is 0 Å². The highest BCUT2D eigenvalue weighted by Crippen LogP contribution is 2.26. The summed E-state index contributed by atoms with van der Waals surface area (Å²) in [7, 11) is 0. The lowest BCUT2D eigenvalue weighted by molar-refractivity contribution is 0.0951. The van der Waals surface area contributed by atoms with Crippen molar-refractivity contribution in [2.24, 2.45) is 0 Å². The maximum atomic E-state index is 12.4. The number of nitrogens with one attached hydrogen (secondary N) is 3. The molecule has 0 bridgehead atoms. The number of carbonyl (C=O) groups excluding carboxylic acids is 2. The molecule has 8 heteroatoms. The van der Waals surface area contributed by atoms with Gasteiger partial charge in [-0.25, -0.2) is 9.78 Å². The zero-order chi connectivity index (χ0) is 20.9. The maximum Gasteiger partial charge on any atom is 0.319 e. The van der Waals surface area contributed by atoms with E-state index >= 15 is 0 Å². The number of halogens is 1. The minimum atomic E-state index is -0.387. The van der Waals surface area contributed by atoms with Gasteiger partial charge in [-0.05, 0) is 62.8 Å². The second kappa shape index (κ2) is 9.34. The van der Waals surface area contributed by atoms with E-state index in [1.54, 1.807) is 24.4 Å². The lowest BCUT2D eigenvalue weighted by Gasteiger charge is -2.16. The number of urea groups is 1. The third-order valence-corrected chi connectivity index (χ3v) is 5.58. The number of hydrogen-bond acceptors (Lipinski definition) is 4. The van der Waals surface area contributed by atoms with Gasteiger partial charge in [0.15, 0.2) is 0 Å². The fourth-order valence-electron chi connectivity index (χ4n) is 3.45. The molecule has 1 heterocycles. The van der Waals surface area contributed by atoms with Gasteiger partial charge >= 0.3 is 6.03 Å². The molecule has 0 saturated heterocycles. The Bertz CT molecular complexity index is 926. The van der Waals surface area contributed by atoms with Crippen LogP contribution in [0.4, 0.5) is 10.5 Å². The highest BCUT2D eigenvalue weighted by atomic mass is 35.5. The number of nitrogens with zero attached hydrogens (tertiary/aromatic N) is 1. The summed E-state index contributed by atoms with van der Waals surface area (Å²) in [5, 5.41) is 8.81. The summed E-state index contributed by atoms with van der Waals surface area (Å²) in [6.45, 7) is 0.282. The molecule has 1 aromatic heterocycles. The quantitative estimate of drug-likeness (QED) is 0.614. The van der Waals surface area contributed by atoms with Gasteiger partial charge in [0.25, 0.3) is 5.91 Å². The van der Waals surface area contributed by atoms with Crippen LogP contribution in [-0.4, -0.2) is 29.1 Å². The van der Waals surface area contributed by atoms with Crippen LogP contribution in [0.15, 0.2) is 36.5 Å². The second-order valence-electron chi connectivity index (χ2n) is 7.74. The Morgan fingerprint density at radius 1 is 1.13 bits per heavy atom. The molecule has 0 radical (unpaired) electrons. The summed E-state index contributed by atoms with van der Waals surface area (Å²) in [5.74, 6) is 0.339. The SMILES string of the molecule is O=C(NCc1cccnc1OC1CCCC1)Nc1ccc(Cl)c(C(=O)NC2CC2)c1. The lowest BCUT2D eigenvalue weighted by Crippen LogP contribution is -2.29. The number of carbonyl (C=O) groups is 2. The Morgan fingerprint density at radius 3 is 2.70 bits per heavy atom. The molecule has 0 spiro atoms. The number of anilines is 1. The number of benzene rings is 1. The lowest BCUT2D eigenvalue weighted by atomic mass is 10.2. The molecule has 3 N–H and O–H groups in total. The number of amides is 3. The van der Waals surface area contributed by atoms with Crippen LogP contribution in [0, 0.1) is 0 Å². The van der Waals surface area contributed by atoms with Gasteiger partial charge in [0.1, 0.15) is 6.10 Å². The second-order valence-corrected chi connectivity index (χ2v) is 8.15. The molecule has 2 aliphatic rings. The predicted molar refractivity (Wildman–Crippen MR) is 115 cm³/mol. The van der Waals surface area contributed by atoms with Crippen LogP contribution in [0.2, 0.25) is 5.02 Å². The standard InChI is InChI=1S/C22H25ClN4O3/c23-19-10-9-16(12-18(19)20(28)26-15-7-8-15)27-22(29)25-13-14-4-3-11-24-21(14)30-17-5-1-2-6-17/h3-4,9-12,15,17H,1-2,5-8,13H2,(H,26,28)(H2,25,27,29). The van der Waals surface area contributed by atoms with Crippen molar-refractivity contribution in [3.63, 3.8) is 0 Å². The molecule has 2 saturated carbocycles. The maximum absolute atomic E-state index is 12.4. The average Bonchev–Trinajstić information content (AvgIpc) is 3.40. The zero-order valence-corrected chi connectivity index (χ0v) is 17.4. The fourth-order valence-corrected chi connectivity index (χ4v) is 3.65. The third kappa shape index (κ3) is 5.42.